The number of hydrogen-bond donors (Lipinski definition) is 1. The summed E-state index contributed by atoms with van der Waals surface area (Å²) in [6, 6.07) is -0.906. The van der Waals surface area contributed by atoms with E-state index in [-0.39, 0.29) is 5.92 Å². The van der Waals surface area contributed by atoms with Gasteiger partial charge in [0.25, 0.3) is 10.2 Å². The molecule has 0 bridgehead atoms. The van der Waals surface area contributed by atoms with Crippen molar-refractivity contribution in [1.29, 1.82) is 0 Å². The van der Waals surface area contributed by atoms with Gasteiger partial charge in [0.1, 0.15) is 6.04 Å². The Kier molecular flexibility index (Phi) is 3.93. The summed E-state index contributed by atoms with van der Waals surface area (Å²) in [5.41, 5.74) is 0. The van der Waals surface area contributed by atoms with E-state index in [4.69, 9.17) is 0 Å². The monoisotopic (exact) mass is 276 g/mol. The normalized spacial score (nSPS) is 31.6. The lowest BCUT2D eigenvalue weighted by atomic mass is 10.0. The topological polar surface area (TPSA) is 77.9 Å². The lowest BCUT2D eigenvalue weighted by Gasteiger charge is -2.32. The molecule has 104 valence electrons. The van der Waals surface area contributed by atoms with E-state index in [0.717, 1.165) is 19.3 Å². The Hall–Kier alpha value is -0.660. The molecule has 2 rings (SSSR count). The van der Waals surface area contributed by atoms with Crippen molar-refractivity contribution >= 4 is 16.2 Å². The number of aliphatic carboxylic acids is 1. The fraction of sp³-hybridized carbons (Fsp3) is 0.909. The average Bonchev–Trinajstić information content (AvgIpc) is 2.73. The van der Waals surface area contributed by atoms with Gasteiger partial charge in [-0.3, -0.25) is 4.79 Å². The van der Waals surface area contributed by atoms with Crippen molar-refractivity contribution in [2.24, 2.45) is 5.92 Å². The van der Waals surface area contributed by atoms with Gasteiger partial charge in [-0.1, -0.05) is 13.3 Å². The molecular weight excluding hydrogens is 256 g/mol. The predicted molar refractivity (Wildman–Crippen MR) is 66.3 cm³/mol. The highest BCUT2D eigenvalue weighted by molar-refractivity contribution is 7.86. The van der Waals surface area contributed by atoms with Crippen molar-refractivity contribution in [3.63, 3.8) is 0 Å². The Balaban J connectivity index is 2.21. The molecule has 2 unspecified atom stereocenters. The molecule has 0 saturated carbocycles. The van der Waals surface area contributed by atoms with Gasteiger partial charge in [-0.25, -0.2) is 0 Å². The minimum absolute atomic E-state index is 0.123. The number of carboxylic acid groups (broad SMARTS) is 1. The van der Waals surface area contributed by atoms with Gasteiger partial charge in [0.15, 0.2) is 0 Å². The van der Waals surface area contributed by atoms with Crippen molar-refractivity contribution in [3.8, 4) is 0 Å². The van der Waals surface area contributed by atoms with Gasteiger partial charge in [0.05, 0.1) is 0 Å². The molecule has 2 saturated heterocycles. The van der Waals surface area contributed by atoms with Crippen molar-refractivity contribution in [2.75, 3.05) is 19.6 Å². The van der Waals surface area contributed by atoms with E-state index in [1.54, 1.807) is 6.92 Å². The lowest BCUT2D eigenvalue weighted by Crippen LogP contribution is -2.50. The number of piperidine rings is 1. The highest BCUT2D eigenvalue weighted by Gasteiger charge is 2.45. The van der Waals surface area contributed by atoms with E-state index in [1.165, 1.54) is 8.61 Å². The molecule has 7 heteroatoms. The van der Waals surface area contributed by atoms with Crippen molar-refractivity contribution in [2.45, 2.75) is 38.6 Å². The first-order valence-electron chi connectivity index (χ1n) is 6.44. The highest BCUT2D eigenvalue weighted by Crippen LogP contribution is 2.29. The van der Waals surface area contributed by atoms with Gasteiger partial charge >= 0.3 is 5.97 Å². The zero-order valence-corrected chi connectivity index (χ0v) is 11.4. The summed E-state index contributed by atoms with van der Waals surface area (Å²) >= 11 is 0. The SMILES string of the molecule is CC1CCN(S(=O)(=O)N2CCCCC2)C1C(=O)O. The van der Waals surface area contributed by atoms with Crippen LogP contribution in [0.1, 0.15) is 32.6 Å². The lowest BCUT2D eigenvalue weighted by molar-refractivity contribution is -0.141. The maximum absolute atomic E-state index is 12.4. The van der Waals surface area contributed by atoms with Crippen LogP contribution in [0.15, 0.2) is 0 Å². The number of hydrogen-bond acceptors (Lipinski definition) is 3. The third-order valence-electron chi connectivity index (χ3n) is 3.84. The first kappa shape index (κ1) is 13.8. The molecule has 2 atom stereocenters. The second-order valence-corrected chi connectivity index (χ2v) is 7.01. The zero-order chi connectivity index (χ0) is 13.3. The predicted octanol–water partition coefficient (Wildman–Crippen LogP) is 0.512. The molecule has 0 aromatic heterocycles. The maximum atomic E-state index is 12.4. The molecule has 0 aromatic rings. The summed E-state index contributed by atoms with van der Waals surface area (Å²) in [7, 11) is -3.60. The molecule has 2 heterocycles. The van der Waals surface area contributed by atoms with E-state index in [9.17, 15) is 18.3 Å². The van der Waals surface area contributed by atoms with Crippen LogP contribution in [0.3, 0.4) is 0 Å². The van der Waals surface area contributed by atoms with Crippen LogP contribution in [-0.4, -0.2) is 53.8 Å². The molecule has 0 aromatic carbocycles. The van der Waals surface area contributed by atoms with Crippen LogP contribution < -0.4 is 0 Å². The van der Waals surface area contributed by atoms with E-state index in [2.05, 4.69) is 0 Å². The Morgan fingerprint density at radius 1 is 1.17 bits per heavy atom. The fourth-order valence-corrected chi connectivity index (χ4v) is 4.72. The van der Waals surface area contributed by atoms with Crippen LogP contribution in [0.25, 0.3) is 0 Å². The summed E-state index contributed by atoms with van der Waals surface area (Å²) in [5.74, 6) is -1.16. The van der Waals surface area contributed by atoms with E-state index in [0.29, 0.717) is 26.1 Å². The minimum atomic E-state index is -3.60. The summed E-state index contributed by atoms with van der Waals surface area (Å²) in [4.78, 5) is 11.2. The Labute approximate surface area is 108 Å². The van der Waals surface area contributed by atoms with E-state index >= 15 is 0 Å². The molecule has 0 spiro atoms. The highest BCUT2D eigenvalue weighted by atomic mass is 32.2. The molecule has 2 fully saturated rings. The summed E-state index contributed by atoms with van der Waals surface area (Å²) in [6.07, 6.45) is 3.38. The van der Waals surface area contributed by atoms with E-state index < -0.39 is 22.2 Å². The summed E-state index contributed by atoms with van der Waals surface area (Å²) < 4.78 is 27.5. The van der Waals surface area contributed by atoms with Crippen LogP contribution in [0.2, 0.25) is 0 Å². The average molecular weight is 276 g/mol. The van der Waals surface area contributed by atoms with Gasteiger partial charge in [0.2, 0.25) is 0 Å². The maximum Gasteiger partial charge on any atom is 0.322 e. The van der Waals surface area contributed by atoms with Crippen molar-refractivity contribution in [1.82, 2.24) is 8.61 Å². The number of nitrogens with zero attached hydrogens (tertiary/aromatic N) is 2. The Morgan fingerprint density at radius 2 is 1.78 bits per heavy atom. The first-order chi connectivity index (χ1) is 8.44. The molecule has 18 heavy (non-hydrogen) atoms. The minimum Gasteiger partial charge on any atom is -0.480 e. The molecule has 2 aliphatic rings. The van der Waals surface area contributed by atoms with Crippen LogP contribution in [0, 0.1) is 5.92 Å². The van der Waals surface area contributed by atoms with Gasteiger partial charge in [0, 0.05) is 19.6 Å². The second kappa shape index (κ2) is 5.14. The fourth-order valence-electron chi connectivity index (χ4n) is 2.78. The first-order valence-corrected chi connectivity index (χ1v) is 7.84. The van der Waals surface area contributed by atoms with Crippen LogP contribution in [0.5, 0.6) is 0 Å². The quantitative estimate of drug-likeness (QED) is 0.815. The summed E-state index contributed by atoms with van der Waals surface area (Å²) in [5, 5.41) is 9.19. The number of carboxylic acids is 1. The number of carbonyl (C=O) groups is 1. The molecule has 6 nitrogen and oxygen atoms in total. The molecule has 1 N–H and O–H groups in total. The van der Waals surface area contributed by atoms with E-state index in [1.807, 2.05) is 0 Å². The Morgan fingerprint density at radius 3 is 2.33 bits per heavy atom. The zero-order valence-electron chi connectivity index (χ0n) is 10.6. The molecule has 0 aliphatic carbocycles. The van der Waals surface area contributed by atoms with Gasteiger partial charge in [-0.2, -0.15) is 17.0 Å². The van der Waals surface area contributed by atoms with Crippen molar-refractivity contribution in [3.05, 3.63) is 0 Å². The Bertz CT molecular complexity index is 417. The number of rotatable bonds is 3. The molecule has 0 amide bonds. The second-order valence-electron chi connectivity index (χ2n) is 5.13. The van der Waals surface area contributed by atoms with Gasteiger partial charge in [-0.05, 0) is 25.2 Å². The standard InChI is InChI=1S/C11H20N2O4S/c1-9-5-8-13(10(9)11(14)15)18(16,17)12-6-3-2-4-7-12/h9-10H,2-8H2,1H3,(H,14,15). The van der Waals surface area contributed by atoms with Crippen LogP contribution in [-0.2, 0) is 15.0 Å². The molecule has 0 radical (unpaired) electrons. The third-order valence-corrected chi connectivity index (χ3v) is 5.86. The summed E-state index contributed by atoms with van der Waals surface area (Å²) in [6.45, 7) is 3.14. The smallest absolute Gasteiger partial charge is 0.322 e. The largest absolute Gasteiger partial charge is 0.480 e. The third kappa shape index (κ3) is 2.39. The molecule has 2 aliphatic heterocycles. The van der Waals surface area contributed by atoms with Crippen molar-refractivity contribution < 1.29 is 18.3 Å². The molecular formula is C11H20N2O4S. The van der Waals surface area contributed by atoms with Crippen LogP contribution in [0.4, 0.5) is 0 Å². The van der Waals surface area contributed by atoms with Crippen LogP contribution >= 0.6 is 0 Å². The van der Waals surface area contributed by atoms with Gasteiger partial charge in [-0.15, -0.1) is 0 Å². The van der Waals surface area contributed by atoms with Gasteiger partial charge < -0.3 is 5.11 Å².